The quantitative estimate of drug-likeness (QED) is 0.696. The molecule has 1 amide bonds. The van der Waals surface area contributed by atoms with Crippen LogP contribution in [0.25, 0.3) is 0 Å². The number of carbonyl (C=O) groups excluding carboxylic acids is 1. The molecule has 3 rings (SSSR count). The van der Waals surface area contributed by atoms with E-state index in [1.807, 2.05) is 19.1 Å². The number of aryl methyl sites for hydroxylation is 1. The highest BCUT2D eigenvalue weighted by molar-refractivity contribution is 9.10. The number of anilines is 1. The van der Waals surface area contributed by atoms with Crippen LogP contribution >= 0.6 is 15.9 Å². The minimum absolute atomic E-state index is 0.0687. The van der Waals surface area contributed by atoms with Gasteiger partial charge in [0.2, 0.25) is 0 Å². The molecule has 1 fully saturated rings. The van der Waals surface area contributed by atoms with Crippen molar-refractivity contribution in [2.24, 2.45) is 7.05 Å². The van der Waals surface area contributed by atoms with Gasteiger partial charge in [-0.1, -0.05) is 18.9 Å². The molecular formula is C21H28BrN3O3S. The van der Waals surface area contributed by atoms with E-state index < -0.39 is 10.0 Å². The molecule has 29 heavy (non-hydrogen) atoms. The van der Waals surface area contributed by atoms with Crippen LogP contribution in [0.3, 0.4) is 0 Å². The Balaban J connectivity index is 2.06. The second-order valence-electron chi connectivity index (χ2n) is 7.73. The normalized spacial score (nSPS) is 15.3. The SMILES string of the molecule is Cc1ccc(NS(=O)(=O)c2c(C(=O)N3CCCCCC3)c(C)n(C)c2C)c(Br)c1. The average Bonchev–Trinajstić information content (AvgIpc) is 2.86. The molecule has 158 valence electrons. The van der Waals surface area contributed by atoms with Crippen LogP contribution in [0.2, 0.25) is 0 Å². The lowest BCUT2D eigenvalue weighted by atomic mass is 10.2. The number of rotatable bonds is 4. The number of aromatic nitrogens is 1. The number of nitrogens with zero attached hydrogens (tertiary/aromatic N) is 2. The number of nitrogens with one attached hydrogen (secondary N) is 1. The summed E-state index contributed by atoms with van der Waals surface area (Å²) in [5.41, 5.74) is 2.97. The van der Waals surface area contributed by atoms with Crippen LogP contribution in [0.4, 0.5) is 5.69 Å². The maximum absolute atomic E-state index is 13.4. The van der Waals surface area contributed by atoms with E-state index in [0.29, 0.717) is 34.6 Å². The first kappa shape index (κ1) is 21.9. The first-order chi connectivity index (χ1) is 13.6. The van der Waals surface area contributed by atoms with Crippen molar-refractivity contribution < 1.29 is 13.2 Å². The van der Waals surface area contributed by atoms with Crippen molar-refractivity contribution in [1.82, 2.24) is 9.47 Å². The molecule has 2 aromatic rings. The minimum atomic E-state index is -3.95. The zero-order chi connectivity index (χ0) is 21.3. The van der Waals surface area contributed by atoms with Gasteiger partial charge in [0.1, 0.15) is 4.90 Å². The van der Waals surface area contributed by atoms with Crippen LogP contribution in [-0.2, 0) is 17.1 Å². The van der Waals surface area contributed by atoms with Gasteiger partial charge in [0.15, 0.2) is 0 Å². The van der Waals surface area contributed by atoms with Gasteiger partial charge in [-0.2, -0.15) is 0 Å². The zero-order valence-electron chi connectivity index (χ0n) is 17.4. The monoisotopic (exact) mass is 481 g/mol. The van der Waals surface area contributed by atoms with Crippen LogP contribution in [-0.4, -0.2) is 36.9 Å². The Morgan fingerprint density at radius 2 is 1.66 bits per heavy atom. The largest absolute Gasteiger partial charge is 0.350 e. The van der Waals surface area contributed by atoms with Gasteiger partial charge in [-0.3, -0.25) is 9.52 Å². The van der Waals surface area contributed by atoms with E-state index in [0.717, 1.165) is 31.2 Å². The van der Waals surface area contributed by atoms with Gasteiger partial charge in [0, 0.05) is 36.0 Å². The number of likely N-dealkylation sites (tertiary alicyclic amines) is 1. The summed E-state index contributed by atoms with van der Waals surface area (Å²) in [6.45, 7) is 6.82. The van der Waals surface area contributed by atoms with Crippen LogP contribution < -0.4 is 4.72 Å². The predicted octanol–water partition coefficient (Wildman–Crippen LogP) is 4.53. The summed E-state index contributed by atoms with van der Waals surface area (Å²) >= 11 is 3.42. The van der Waals surface area contributed by atoms with E-state index in [4.69, 9.17) is 0 Å². The number of sulfonamides is 1. The van der Waals surface area contributed by atoms with Crippen LogP contribution in [0.5, 0.6) is 0 Å². The fraction of sp³-hybridized carbons (Fsp3) is 0.476. The predicted molar refractivity (Wildman–Crippen MR) is 119 cm³/mol. The average molecular weight is 482 g/mol. The topological polar surface area (TPSA) is 71.4 Å². The number of hydrogen-bond acceptors (Lipinski definition) is 3. The maximum atomic E-state index is 13.4. The van der Waals surface area contributed by atoms with Crippen molar-refractivity contribution in [2.75, 3.05) is 17.8 Å². The number of benzene rings is 1. The molecule has 0 unspecified atom stereocenters. The standard InChI is InChI=1S/C21H28BrN3O3S/c1-14-9-10-18(17(22)13-14)23-29(27,28)20-16(3)24(4)15(2)19(20)21(26)25-11-7-5-6-8-12-25/h9-10,13,23H,5-8,11-12H2,1-4H3. The van der Waals surface area contributed by atoms with Gasteiger partial charge in [-0.15, -0.1) is 0 Å². The third kappa shape index (κ3) is 4.38. The van der Waals surface area contributed by atoms with Crippen LogP contribution in [0.1, 0.15) is 53.0 Å². The molecule has 1 aromatic heterocycles. The highest BCUT2D eigenvalue weighted by atomic mass is 79.9. The van der Waals surface area contributed by atoms with E-state index in [9.17, 15) is 13.2 Å². The molecule has 0 saturated carbocycles. The van der Waals surface area contributed by atoms with Gasteiger partial charge >= 0.3 is 0 Å². The van der Waals surface area contributed by atoms with Crippen molar-refractivity contribution in [1.29, 1.82) is 0 Å². The van der Waals surface area contributed by atoms with Gasteiger partial charge in [0.25, 0.3) is 15.9 Å². The smallest absolute Gasteiger partial charge is 0.264 e. The Labute approximate surface area is 181 Å². The summed E-state index contributed by atoms with van der Waals surface area (Å²) in [6.07, 6.45) is 4.11. The van der Waals surface area contributed by atoms with Crippen molar-refractivity contribution in [2.45, 2.75) is 51.3 Å². The van der Waals surface area contributed by atoms with Crippen LogP contribution in [0.15, 0.2) is 27.6 Å². The van der Waals surface area contributed by atoms with Gasteiger partial charge in [-0.25, -0.2) is 8.42 Å². The fourth-order valence-electron chi connectivity index (χ4n) is 3.83. The molecule has 0 radical (unpaired) electrons. The molecule has 2 heterocycles. The Morgan fingerprint density at radius 1 is 1.03 bits per heavy atom. The van der Waals surface area contributed by atoms with E-state index in [1.165, 1.54) is 0 Å². The third-order valence-electron chi connectivity index (χ3n) is 5.67. The van der Waals surface area contributed by atoms with Crippen molar-refractivity contribution in [3.05, 3.63) is 45.2 Å². The lowest BCUT2D eigenvalue weighted by molar-refractivity contribution is 0.0757. The second kappa shape index (κ2) is 8.52. The van der Waals surface area contributed by atoms with E-state index in [-0.39, 0.29) is 16.4 Å². The summed E-state index contributed by atoms with van der Waals surface area (Å²) in [5.74, 6) is -0.198. The number of halogens is 1. The first-order valence-electron chi connectivity index (χ1n) is 9.87. The van der Waals surface area contributed by atoms with Crippen molar-refractivity contribution in [3.8, 4) is 0 Å². The van der Waals surface area contributed by atoms with Crippen LogP contribution in [0, 0.1) is 20.8 Å². The molecule has 6 nitrogen and oxygen atoms in total. The number of hydrogen-bond donors (Lipinski definition) is 1. The molecular weight excluding hydrogens is 454 g/mol. The van der Waals surface area contributed by atoms with Gasteiger partial charge < -0.3 is 9.47 Å². The maximum Gasteiger partial charge on any atom is 0.264 e. The molecule has 0 spiro atoms. The van der Waals surface area contributed by atoms with E-state index >= 15 is 0 Å². The lowest BCUT2D eigenvalue weighted by Crippen LogP contribution is -2.33. The second-order valence-corrected chi connectivity index (χ2v) is 10.2. The van der Waals surface area contributed by atoms with Gasteiger partial charge in [0.05, 0.1) is 11.3 Å². The minimum Gasteiger partial charge on any atom is -0.350 e. The highest BCUT2D eigenvalue weighted by Gasteiger charge is 2.33. The first-order valence-corrected chi connectivity index (χ1v) is 12.1. The number of amides is 1. The molecule has 8 heteroatoms. The van der Waals surface area contributed by atoms with E-state index in [2.05, 4.69) is 20.7 Å². The van der Waals surface area contributed by atoms with Crippen molar-refractivity contribution in [3.63, 3.8) is 0 Å². The number of carbonyl (C=O) groups is 1. The highest BCUT2D eigenvalue weighted by Crippen LogP contribution is 2.32. The molecule has 0 bridgehead atoms. The summed E-state index contributed by atoms with van der Waals surface area (Å²) in [5, 5.41) is 0. The molecule has 1 saturated heterocycles. The van der Waals surface area contributed by atoms with E-state index in [1.54, 1.807) is 36.4 Å². The fourth-order valence-corrected chi connectivity index (χ4v) is 6.15. The Bertz CT molecular complexity index is 1040. The Kier molecular flexibility index (Phi) is 6.43. The summed E-state index contributed by atoms with van der Waals surface area (Å²) < 4.78 is 31.9. The Hall–Kier alpha value is -1.80. The molecule has 1 aromatic carbocycles. The molecule has 1 aliphatic rings. The summed E-state index contributed by atoms with van der Waals surface area (Å²) in [7, 11) is -2.16. The molecule has 0 aliphatic carbocycles. The molecule has 0 atom stereocenters. The summed E-state index contributed by atoms with van der Waals surface area (Å²) in [4.78, 5) is 15.3. The Morgan fingerprint density at radius 3 is 2.24 bits per heavy atom. The molecule has 1 N–H and O–H groups in total. The summed E-state index contributed by atoms with van der Waals surface area (Å²) in [6, 6.07) is 5.41. The third-order valence-corrected chi connectivity index (χ3v) is 7.85. The van der Waals surface area contributed by atoms with Crippen molar-refractivity contribution >= 4 is 37.5 Å². The van der Waals surface area contributed by atoms with Gasteiger partial charge in [-0.05, 0) is 67.2 Å². The lowest BCUT2D eigenvalue weighted by Gasteiger charge is -2.21. The molecule has 1 aliphatic heterocycles. The zero-order valence-corrected chi connectivity index (χ0v) is 19.8.